The highest BCUT2D eigenvalue weighted by atomic mass is 35.5. The maximum Gasteiger partial charge on any atom is 0.326 e. The second kappa shape index (κ2) is 4.29. The number of rotatable bonds is 2. The van der Waals surface area contributed by atoms with Crippen LogP contribution in [0, 0.1) is 11.8 Å². The molecule has 0 aliphatic rings. The van der Waals surface area contributed by atoms with Crippen molar-refractivity contribution >= 4 is 22.9 Å². The number of halogens is 1. The van der Waals surface area contributed by atoms with E-state index >= 15 is 0 Å². The van der Waals surface area contributed by atoms with Crippen LogP contribution >= 0.6 is 22.9 Å². The Kier molecular flexibility index (Phi) is 3.32. The molecule has 0 atom stereocenters. The van der Waals surface area contributed by atoms with E-state index in [4.69, 9.17) is 11.6 Å². The van der Waals surface area contributed by atoms with Gasteiger partial charge in [-0.3, -0.25) is 4.79 Å². The first-order valence-corrected chi connectivity index (χ1v) is 4.56. The smallest absolute Gasteiger partial charge is 0.255 e. The Morgan fingerprint density at radius 3 is 3.00 bits per heavy atom. The van der Waals surface area contributed by atoms with Crippen LogP contribution in [0.4, 0.5) is 0 Å². The Hall–Kier alpha value is -0.790. The average Bonchev–Trinajstić information content (AvgIpc) is 2.31. The summed E-state index contributed by atoms with van der Waals surface area (Å²) in [7, 11) is 0. The molecular weight excluding hydrogens is 196 g/mol. The molecular formula is C7H7ClN2OS. The van der Waals surface area contributed by atoms with Gasteiger partial charge < -0.3 is 0 Å². The number of hydrogen-bond donors (Lipinski definition) is 0. The van der Waals surface area contributed by atoms with Crippen LogP contribution in [0.5, 0.6) is 0 Å². The van der Waals surface area contributed by atoms with Crippen molar-refractivity contribution in [3.63, 3.8) is 0 Å². The lowest BCUT2D eigenvalue weighted by Gasteiger charge is -1.91. The van der Waals surface area contributed by atoms with Crippen molar-refractivity contribution in [3.8, 4) is 11.8 Å². The largest absolute Gasteiger partial charge is 0.326 e. The third kappa shape index (κ3) is 2.36. The van der Waals surface area contributed by atoms with Crippen molar-refractivity contribution in [3.05, 3.63) is 14.1 Å². The summed E-state index contributed by atoms with van der Waals surface area (Å²) in [6.07, 6.45) is 0.635. The zero-order valence-corrected chi connectivity index (χ0v) is 8.08. The van der Waals surface area contributed by atoms with Crippen LogP contribution < -0.4 is 4.87 Å². The summed E-state index contributed by atoms with van der Waals surface area (Å²) in [5, 5.41) is 3.80. The summed E-state index contributed by atoms with van der Waals surface area (Å²) in [4.78, 5) is 10.9. The van der Waals surface area contributed by atoms with Crippen LogP contribution in [-0.2, 0) is 6.54 Å². The fourth-order valence-electron chi connectivity index (χ4n) is 0.709. The van der Waals surface area contributed by atoms with E-state index in [1.165, 1.54) is 4.68 Å². The molecule has 0 N–H and O–H groups in total. The molecule has 0 bridgehead atoms. The fourth-order valence-corrected chi connectivity index (χ4v) is 1.52. The number of nitrogens with zero attached hydrogens (tertiary/aromatic N) is 2. The van der Waals surface area contributed by atoms with Gasteiger partial charge in [-0.25, -0.2) is 4.68 Å². The van der Waals surface area contributed by atoms with Gasteiger partial charge in [-0.2, -0.15) is 0 Å². The third-order valence-electron chi connectivity index (χ3n) is 1.21. The summed E-state index contributed by atoms with van der Waals surface area (Å²) >= 11 is 6.47. The molecule has 0 saturated carbocycles. The highest BCUT2D eigenvalue weighted by Gasteiger charge is 2.01. The molecule has 3 nitrogen and oxygen atoms in total. The summed E-state index contributed by atoms with van der Waals surface area (Å²) in [6.45, 7) is 2.28. The third-order valence-corrected chi connectivity index (χ3v) is 2.15. The van der Waals surface area contributed by atoms with Gasteiger partial charge in [-0.1, -0.05) is 0 Å². The summed E-state index contributed by atoms with van der Waals surface area (Å²) in [6, 6.07) is 0. The zero-order valence-electron chi connectivity index (χ0n) is 6.50. The van der Waals surface area contributed by atoms with Crippen LogP contribution in [0.15, 0.2) is 4.79 Å². The van der Waals surface area contributed by atoms with Gasteiger partial charge in [0.2, 0.25) is 4.47 Å². The lowest BCUT2D eigenvalue weighted by atomic mass is 10.4. The van der Waals surface area contributed by atoms with Gasteiger partial charge in [-0.15, -0.1) is 16.9 Å². The van der Waals surface area contributed by atoms with Crippen molar-refractivity contribution in [2.75, 3.05) is 0 Å². The molecule has 1 rings (SSSR count). The zero-order chi connectivity index (χ0) is 8.97. The molecule has 12 heavy (non-hydrogen) atoms. The molecule has 0 amide bonds. The molecule has 1 heterocycles. The number of hydrogen-bond acceptors (Lipinski definition) is 3. The number of aromatic nitrogens is 2. The minimum absolute atomic E-state index is 0.127. The second-order valence-corrected chi connectivity index (χ2v) is 3.54. The Balaban J connectivity index is 2.67. The second-order valence-electron chi connectivity index (χ2n) is 2.02. The minimum Gasteiger partial charge on any atom is -0.255 e. The van der Waals surface area contributed by atoms with Crippen LogP contribution in [-0.4, -0.2) is 9.78 Å². The van der Waals surface area contributed by atoms with E-state index in [0.29, 0.717) is 13.0 Å². The van der Waals surface area contributed by atoms with Crippen LogP contribution in [0.1, 0.15) is 13.3 Å². The van der Waals surface area contributed by atoms with Gasteiger partial charge in [0.15, 0.2) is 0 Å². The highest BCUT2D eigenvalue weighted by molar-refractivity contribution is 7.13. The summed E-state index contributed by atoms with van der Waals surface area (Å²) in [5.41, 5.74) is 0. The van der Waals surface area contributed by atoms with Crippen molar-refractivity contribution < 1.29 is 0 Å². The molecule has 0 unspecified atom stereocenters. The maximum absolute atomic E-state index is 11.0. The topological polar surface area (TPSA) is 34.9 Å². The SMILES string of the molecule is CC#CCCn1nc(Cl)sc1=O. The lowest BCUT2D eigenvalue weighted by Crippen LogP contribution is -2.14. The van der Waals surface area contributed by atoms with Crippen molar-refractivity contribution in [2.24, 2.45) is 0 Å². The summed E-state index contributed by atoms with van der Waals surface area (Å²) < 4.78 is 1.61. The van der Waals surface area contributed by atoms with E-state index in [9.17, 15) is 4.79 Å². The molecule has 1 aromatic rings. The molecule has 0 radical (unpaired) electrons. The van der Waals surface area contributed by atoms with E-state index in [2.05, 4.69) is 16.9 Å². The lowest BCUT2D eigenvalue weighted by molar-refractivity contribution is 0.613. The molecule has 1 aromatic heterocycles. The summed E-state index contributed by atoms with van der Waals surface area (Å²) in [5.74, 6) is 5.59. The van der Waals surface area contributed by atoms with Gasteiger partial charge in [-0.05, 0) is 29.9 Å². The highest BCUT2D eigenvalue weighted by Crippen LogP contribution is 2.05. The van der Waals surface area contributed by atoms with Gasteiger partial charge in [0.25, 0.3) is 0 Å². The van der Waals surface area contributed by atoms with E-state index in [-0.39, 0.29) is 9.34 Å². The van der Waals surface area contributed by atoms with Crippen LogP contribution in [0.3, 0.4) is 0 Å². The first-order chi connectivity index (χ1) is 5.74. The van der Waals surface area contributed by atoms with E-state index in [1.807, 2.05) is 0 Å². The Bertz CT molecular complexity index is 371. The predicted octanol–water partition coefficient (Wildman–Crippen LogP) is 1.37. The minimum atomic E-state index is -0.127. The van der Waals surface area contributed by atoms with Crippen LogP contribution in [0.25, 0.3) is 0 Å². The predicted molar refractivity (Wildman–Crippen MR) is 49.5 cm³/mol. The van der Waals surface area contributed by atoms with Crippen molar-refractivity contribution in [1.29, 1.82) is 0 Å². The fraction of sp³-hybridized carbons (Fsp3) is 0.429. The first-order valence-electron chi connectivity index (χ1n) is 3.37. The molecule has 0 spiro atoms. The molecule has 0 fully saturated rings. The first kappa shape index (κ1) is 9.30. The molecule has 0 aliphatic carbocycles. The van der Waals surface area contributed by atoms with E-state index in [1.54, 1.807) is 6.92 Å². The maximum atomic E-state index is 11.0. The molecule has 0 aliphatic heterocycles. The van der Waals surface area contributed by atoms with E-state index in [0.717, 1.165) is 11.3 Å². The molecule has 0 aromatic carbocycles. The Labute approximate surface area is 79.0 Å². The van der Waals surface area contributed by atoms with Crippen LogP contribution in [0.2, 0.25) is 4.47 Å². The van der Waals surface area contributed by atoms with Gasteiger partial charge in [0, 0.05) is 6.42 Å². The van der Waals surface area contributed by atoms with Gasteiger partial charge in [0.1, 0.15) is 0 Å². The van der Waals surface area contributed by atoms with E-state index < -0.39 is 0 Å². The van der Waals surface area contributed by atoms with Crippen molar-refractivity contribution in [2.45, 2.75) is 19.9 Å². The quantitative estimate of drug-likeness (QED) is 0.679. The Morgan fingerprint density at radius 2 is 2.50 bits per heavy atom. The molecule has 0 saturated heterocycles. The van der Waals surface area contributed by atoms with Gasteiger partial charge >= 0.3 is 4.87 Å². The van der Waals surface area contributed by atoms with Gasteiger partial charge in [0.05, 0.1) is 6.54 Å². The standard InChI is InChI=1S/C7H7ClN2OS/c1-2-3-4-5-10-7(11)12-6(8)9-10/h4-5H2,1H3. The molecule has 5 heteroatoms. The average molecular weight is 203 g/mol. The van der Waals surface area contributed by atoms with Crippen molar-refractivity contribution in [1.82, 2.24) is 9.78 Å². The Morgan fingerprint density at radius 1 is 1.75 bits per heavy atom. The monoisotopic (exact) mass is 202 g/mol. The molecule has 64 valence electrons. The number of aryl methyl sites for hydroxylation is 1. The normalized spacial score (nSPS) is 9.17.